The van der Waals surface area contributed by atoms with Gasteiger partial charge in [-0.05, 0) is 5.56 Å². The Balaban J connectivity index is 2.79. The van der Waals surface area contributed by atoms with E-state index in [4.69, 9.17) is 0 Å². The number of hydrogen-bond acceptors (Lipinski definition) is 6. The van der Waals surface area contributed by atoms with Crippen molar-refractivity contribution in [3.63, 3.8) is 0 Å². The third-order valence-corrected chi connectivity index (χ3v) is 2.26. The summed E-state index contributed by atoms with van der Waals surface area (Å²) >= 11 is 0. The lowest BCUT2D eigenvalue weighted by Crippen LogP contribution is -2.01. The van der Waals surface area contributed by atoms with Gasteiger partial charge >= 0.3 is 17.1 Å². The normalized spacial score (nSPS) is 11.8. The minimum atomic E-state index is -1.09. The highest BCUT2D eigenvalue weighted by molar-refractivity contribution is 5.77. The fourth-order valence-electron chi connectivity index (χ4n) is 1.53. The van der Waals surface area contributed by atoms with Gasteiger partial charge in [-0.15, -0.1) is 0 Å². The van der Waals surface area contributed by atoms with Gasteiger partial charge in [0.15, 0.2) is 0 Å². The van der Waals surface area contributed by atoms with Crippen LogP contribution in [0.1, 0.15) is 11.1 Å². The molecule has 0 spiro atoms. The zero-order chi connectivity index (χ0) is 12.0. The van der Waals surface area contributed by atoms with Crippen molar-refractivity contribution in [3.8, 4) is 0 Å². The van der Waals surface area contributed by atoms with Crippen molar-refractivity contribution in [2.75, 3.05) is 0 Å². The summed E-state index contributed by atoms with van der Waals surface area (Å²) in [5.74, 6) is 0. The molecule has 1 aromatic carbocycles. The van der Waals surface area contributed by atoms with Crippen LogP contribution in [0.2, 0.25) is 0 Å². The fourth-order valence-corrected chi connectivity index (χ4v) is 1.53. The van der Waals surface area contributed by atoms with Crippen molar-refractivity contribution in [2.24, 2.45) is 0 Å². The number of nitro groups is 3. The predicted octanol–water partition coefficient (Wildman–Crippen LogP) is 1.32. The highest BCUT2D eigenvalue weighted by atomic mass is 16.6. The van der Waals surface area contributed by atoms with Crippen LogP contribution in [0, 0.1) is 30.3 Å². The molecule has 0 aliphatic heterocycles. The first-order valence-corrected chi connectivity index (χ1v) is 4.05. The number of nitrogens with zero attached hydrogens (tertiary/aromatic N) is 3. The molecule has 0 N–H and O–H groups in total. The number of fused-ring (bicyclic) bond motifs is 1. The van der Waals surface area contributed by atoms with Gasteiger partial charge in [-0.3, -0.25) is 30.3 Å². The quantitative estimate of drug-likeness (QED) is 0.571. The maximum Gasteiger partial charge on any atom is 0.422 e. The second-order valence-electron chi connectivity index (χ2n) is 3.18. The molecule has 0 unspecified atom stereocenters. The molecule has 16 heavy (non-hydrogen) atoms. The summed E-state index contributed by atoms with van der Waals surface area (Å²) in [6, 6.07) is 1.01. The van der Waals surface area contributed by atoms with Gasteiger partial charge in [-0.1, -0.05) is 0 Å². The Bertz CT molecular complexity index is 552. The summed E-state index contributed by atoms with van der Waals surface area (Å²) in [5.41, 5.74) is -1.99. The lowest BCUT2D eigenvalue weighted by Gasteiger charge is -1.95. The van der Waals surface area contributed by atoms with Crippen LogP contribution in [-0.2, 0) is 6.42 Å². The van der Waals surface area contributed by atoms with Crippen molar-refractivity contribution in [3.05, 3.63) is 47.5 Å². The van der Waals surface area contributed by atoms with Crippen LogP contribution in [0.25, 0.3) is 0 Å². The van der Waals surface area contributed by atoms with Crippen LogP contribution in [-0.4, -0.2) is 14.8 Å². The second-order valence-corrected chi connectivity index (χ2v) is 3.18. The summed E-state index contributed by atoms with van der Waals surface area (Å²) in [6.07, 6.45) is 0.199. The molecule has 82 valence electrons. The molecule has 0 saturated heterocycles. The van der Waals surface area contributed by atoms with Gasteiger partial charge in [-0.25, -0.2) is 0 Å². The molecular formula is C7H3N3O6. The molecule has 0 heterocycles. The Labute approximate surface area is 86.7 Å². The van der Waals surface area contributed by atoms with Crippen LogP contribution in [0.5, 0.6) is 0 Å². The number of nitro benzene ring substituents is 3. The molecule has 0 aromatic heterocycles. The summed E-state index contributed by atoms with van der Waals surface area (Å²) < 4.78 is 0. The average Bonchev–Trinajstić information content (AvgIpc) is 2.91. The molecule has 2 rings (SSSR count). The van der Waals surface area contributed by atoms with Crippen molar-refractivity contribution < 1.29 is 14.8 Å². The first-order valence-electron chi connectivity index (χ1n) is 4.05. The third kappa shape index (κ3) is 1.26. The van der Waals surface area contributed by atoms with E-state index in [1.54, 1.807) is 0 Å². The van der Waals surface area contributed by atoms with Crippen LogP contribution < -0.4 is 0 Å². The van der Waals surface area contributed by atoms with Crippen LogP contribution >= 0.6 is 0 Å². The highest BCUT2D eigenvalue weighted by Crippen LogP contribution is 2.48. The lowest BCUT2D eigenvalue weighted by molar-refractivity contribution is -0.441. The van der Waals surface area contributed by atoms with Crippen LogP contribution in [0.4, 0.5) is 17.1 Å². The van der Waals surface area contributed by atoms with Gasteiger partial charge in [-0.2, -0.15) is 0 Å². The number of rotatable bonds is 3. The van der Waals surface area contributed by atoms with Gasteiger partial charge in [0.25, 0.3) is 0 Å². The fraction of sp³-hybridized carbons (Fsp3) is 0.143. The van der Waals surface area contributed by atoms with E-state index in [1.165, 1.54) is 0 Å². The van der Waals surface area contributed by atoms with Crippen molar-refractivity contribution >= 4 is 17.1 Å². The second kappa shape index (κ2) is 2.95. The van der Waals surface area contributed by atoms with E-state index >= 15 is 0 Å². The average molecular weight is 225 g/mol. The van der Waals surface area contributed by atoms with Crippen molar-refractivity contribution in [1.29, 1.82) is 0 Å². The predicted molar refractivity (Wildman–Crippen MR) is 49.2 cm³/mol. The van der Waals surface area contributed by atoms with Gasteiger partial charge in [0.2, 0.25) is 0 Å². The minimum Gasteiger partial charge on any atom is -0.258 e. The molecule has 1 aliphatic carbocycles. The number of benzene rings is 1. The molecule has 0 saturated carbocycles. The first kappa shape index (κ1) is 9.96. The SMILES string of the molecule is O=[N+]([O-])c1cc2c(c([N+](=O)[O-])c1[N+](=O)[O-])C2. The summed E-state index contributed by atoms with van der Waals surface area (Å²) in [5, 5.41) is 31.8. The molecule has 0 fully saturated rings. The van der Waals surface area contributed by atoms with Crippen LogP contribution in [0.15, 0.2) is 6.07 Å². The number of hydrogen-bond donors (Lipinski definition) is 0. The zero-order valence-electron chi connectivity index (χ0n) is 7.58. The molecule has 9 nitrogen and oxygen atoms in total. The summed E-state index contributed by atoms with van der Waals surface area (Å²) in [4.78, 5) is 28.8. The van der Waals surface area contributed by atoms with E-state index in [9.17, 15) is 30.3 Å². The monoisotopic (exact) mass is 225 g/mol. The van der Waals surface area contributed by atoms with E-state index < -0.39 is 31.8 Å². The largest absolute Gasteiger partial charge is 0.422 e. The topological polar surface area (TPSA) is 129 Å². The van der Waals surface area contributed by atoms with E-state index in [1.807, 2.05) is 0 Å². The molecule has 0 amide bonds. The van der Waals surface area contributed by atoms with Gasteiger partial charge < -0.3 is 0 Å². The zero-order valence-corrected chi connectivity index (χ0v) is 7.58. The summed E-state index contributed by atoms with van der Waals surface area (Å²) in [7, 11) is 0. The van der Waals surface area contributed by atoms with E-state index in [-0.39, 0.29) is 12.0 Å². The standard InChI is InChI=1S/C7H3N3O6/c11-8(12)5-2-3-1-4(3)6(9(13)14)7(5)10(15)16/h2H,1H2. The van der Waals surface area contributed by atoms with E-state index in [2.05, 4.69) is 0 Å². The Morgan fingerprint density at radius 3 is 1.94 bits per heavy atom. The Morgan fingerprint density at radius 1 is 0.938 bits per heavy atom. The minimum absolute atomic E-state index is 0.199. The highest BCUT2D eigenvalue weighted by Gasteiger charge is 2.45. The molecule has 1 aromatic rings. The van der Waals surface area contributed by atoms with Gasteiger partial charge in [0.05, 0.1) is 14.8 Å². The maximum absolute atomic E-state index is 10.6. The maximum atomic E-state index is 10.6. The molecular weight excluding hydrogens is 222 g/mol. The van der Waals surface area contributed by atoms with Crippen LogP contribution in [0.3, 0.4) is 0 Å². The molecule has 1 aliphatic rings. The van der Waals surface area contributed by atoms with E-state index in [0.717, 1.165) is 6.07 Å². The van der Waals surface area contributed by atoms with Gasteiger partial charge in [0.1, 0.15) is 0 Å². The third-order valence-electron chi connectivity index (χ3n) is 2.26. The van der Waals surface area contributed by atoms with Crippen molar-refractivity contribution in [1.82, 2.24) is 0 Å². The molecule has 0 bridgehead atoms. The molecule has 0 radical (unpaired) electrons. The Kier molecular flexibility index (Phi) is 1.84. The van der Waals surface area contributed by atoms with E-state index in [0.29, 0.717) is 5.56 Å². The smallest absolute Gasteiger partial charge is 0.258 e. The Morgan fingerprint density at radius 2 is 1.50 bits per heavy atom. The summed E-state index contributed by atoms with van der Waals surface area (Å²) in [6.45, 7) is 0. The first-order chi connectivity index (χ1) is 7.43. The van der Waals surface area contributed by atoms with Crippen molar-refractivity contribution in [2.45, 2.75) is 6.42 Å². The molecule has 9 heteroatoms. The Hall–Kier alpha value is -2.58. The lowest BCUT2D eigenvalue weighted by atomic mass is 10.2. The van der Waals surface area contributed by atoms with Gasteiger partial charge in [0, 0.05) is 18.1 Å². The molecule has 0 atom stereocenters.